The molecule has 0 heterocycles. The van der Waals surface area contributed by atoms with Crippen molar-refractivity contribution in [1.82, 2.24) is 0 Å². The molecule has 0 aliphatic carbocycles. The molecule has 3 aromatic rings. The summed E-state index contributed by atoms with van der Waals surface area (Å²) >= 11 is 0. The first kappa shape index (κ1) is 23.2. The summed E-state index contributed by atoms with van der Waals surface area (Å²) in [6.45, 7) is 2.16. The number of halogens is 1. The molecule has 3 aromatic carbocycles. The minimum Gasteiger partial charge on any atom is -0.489 e. The number of benzene rings is 3. The Morgan fingerprint density at radius 2 is 1.82 bits per heavy atom. The quantitative estimate of drug-likeness (QED) is 0.296. The second-order valence-electron chi connectivity index (χ2n) is 6.91. The zero-order valence-corrected chi connectivity index (χ0v) is 17.9. The van der Waals surface area contributed by atoms with E-state index in [0.717, 1.165) is 0 Å². The lowest BCUT2D eigenvalue weighted by Crippen LogP contribution is -2.13. The number of hydrogen-bond donors (Lipinski definition) is 1. The third-order valence-corrected chi connectivity index (χ3v) is 4.48. The maximum absolute atomic E-state index is 13.3. The third kappa shape index (κ3) is 6.77. The third-order valence-electron chi connectivity index (χ3n) is 4.48. The number of nitrogens with one attached hydrogen (secondary N) is 1. The number of amides is 1. The zero-order chi connectivity index (χ0) is 23.6. The van der Waals surface area contributed by atoms with Gasteiger partial charge in [0.1, 0.15) is 29.8 Å². The van der Waals surface area contributed by atoms with E-state index < -0.39 is 11.9 Å². The highest BCUT2D eigenvalue weighted by Gasteiger charge is 2.11. The van der Waals surface area contributed by atoms with E-state index in [0.29, 0.717) is 28.1 Å². The van der Waals surface area contributed by atoms with Crippen LogP contribution >= 0.6 is 0 Å². The van der Waals surface area contributed by atoms with Gasteiger partial charge in [-0.05, 0) is 72.7 Å². The number of rotatable bonds is 8. The molecule has 0 aliphatic heterocycles. The van der Waals surface area contributed by atoms with Gasteiger partial charge >= 0.3 is 5.97 Å². The normalized spacial score (nSPS) is 10.8. The van der Waals surface area contributed by atoms with Crippen molar-refractivity contribution in [2.24, 2.45) is 0 Å². The SMILES string of the molecule is CCOC(=O)c1ccc(NC(=O)/C(C#N)=C\c2cccc(OCc3cccc(F)c3)c2)cc1. The second kappa shape index (κ2) is 11.3. The summed E-state index contributed by atoms with van der Waals surface area (Å²) in [4.78, 5) is 24.3. The van der Waals surface area contributed by atoms with Gasteiger partial charge in [-0.2, -0.15) is 5.26 Å². The van der Waals surface area contributed by atoms with Crippen molar-refractivity contribution in [3.05, 3.63) is 101 Å². The lowest BCUT2D eigenvalue weighted by Gasteiger charge is -2.08. The van der Waals surface area contributed by atoms with E-state index in [1.54, 1.807) is 55.5 Å². The minimum atomic E-state index is -0.590. The van der Waals surface area contributed by atoms with E-state index in [1.165, 1.54) is 30.3 Å². The van der Waals surface area contributed by atoms with Gasteiger partial charge < -0.3 is 14.8 Å². The summed E-state index contributed by atoms with van der Waals surface area (Å²) in [6, 6.07) is 21.0. The highest BCUT2D eigenvalue weighted by Crippen LogP contribution is 2.19. The van der Waals surface area contributed by atoms with Gasteiger partial charge in [0.15, 0.2) is 0 Å². The fraction of sp³-hybridized carbons (Fsp3) is 0.115. The Morgan fingerprint density at radius 3 is 2.52 bits per heavy atom. The Morgan fingerprint density at radius 1 is 1.06 bits per heavy atom. The molecule has 0 radical (unpaired) electrons. The van der Waals surface area contributed by atoms with Crippen molar-refractivity contribution in [2.75, 3.05) is 11.9 Å². The molecule has 0 aliphatic rings. The van der Waals surface area contributed by atoms with E-state index in [2.05, 4.69) is 5.32 Å². The molecule has 0 fully saturated rings. The number of ether oxygens (including phenoxy) is 2. The first-order valence-corrected chi connectivity index (χ1v) is 10.2. The van der Waals surface area contributed by atoms with E-state index in [1.807, 2.05) is 6.07 Å². The van der Waals surface area contributed by atoms with Gasteiger partial charge in [0.2, 0.25) is 0 Å². The first-order chi connectivity index (χ1) is 16.0. The van der Waals surface area contributed by atoms with Crippen molar-refractivity contribution in [1.29, 1.82) is 5.26 Å². The van der Waals surface area contributed by atoms with Gasteiger partial charge in [0.05, 0.1) is 12.2 Å². The maximum atomic E-state index is 13.3. The Balaban J connectivity index is 1.67. The van der Waals surface area contributed by atoms with Crippen molar-refractivity contribution in [2.45, 2.75) is 13.5 Å². The van der Waals surface area contributed by atoms with E-state index >= 15 is 0 Å². The number of carbonyl (C=O) groups excluding carboxylic acids is 2. The molecule has 3 rings (SSSR count). The molecule has 33 heavy (non-hydrogen) atoms. The molecule has 6 nitrogen and oxygen atoms in total. The van der Waals surface area contributed by atoms with Crippen molar-refractivity contribution >= 4 is 23.6 Å². The topological polar surface area (TPSA) is 88.4 Å². The van der Waals surface area contributed by atoms with Crippen LogP contribution in [0.15, 0.2) is 78.4 Å². The molecule has 0 unspecified atom stereocenters. The molecule has 0 aromatic heterocycles. The second-order valence-corrected chi connectivity index (χ2v) is 6.91. The molecule has 1 amide bonds. The Labute approximate surface area is 190 Å². The summed E-state index contributed by atoms with van der Waals surface area (Å²) in [6.07, 6.45) is 1.44. The predicted molar refractivity (Wildman–Crippen MR) is 122 cm³/mol. The van der Waals surface area contributed by atoms with Crippen molar-refractivity contribution < 1.29 is 23.5 Å². The van der Waals surface area contributed by atoms with Gasteiger partial charge in [-0.3, -0.25) is 4.79 Å². The van der Waals surface area contributed by atoms with Crippen LogP contribution < -0.4 is 10.1 Å². The molecule has 0 bridgehead atoms. The van der Waals surface area contributed by atoms with Crippen LogP contribution in [0.2, 0.25) is 0 Å². The number of carbonyl (C=O) groups is 2. The van der Waals surface area contributed by atoms with Crippen LogP contribution in [0.5, 0.6) is 5.75 Å². The van der Waals surface area contributed by atoms with Crippen LogP contribution in [0.25, 0.3) is 6.08 Å². The van der Waals surface area contributed by atoms with Crippen LogP contribution in [0.3, 0.4) is 0 Å². The molecule has 166 valence electrons. The molecule has 0 saturated heterocycles. The van der Waals surface area contributed by atoms with Crippen molar-refractivity contribution in [3.63, 3.8) is 0 Å². The Kier molecular flexibility index (Phi) is 7.92. The van der Waals surface area contributed by atoms with E-state index in [4.69, 9.17) is 9.47 Å². The number of anilines is 1. The highest BCUT2D eigenvalue weighted by atomic mass is 19.1. The van der Waals surface area contributed by atoms with Gasteiger partial charge in [-0.25, -0.2) is 9.18 Å². The minimum absolute atomic E-state index is 0.105. The number of nitriles is 1. The molecular formula is C26H21FN2O4. The monoisotopic (exact) mass is 444 g/mol. The molecular weight excluding hydrogens is 423 g/mol. The lowest BCUT2D eigenvalue weighted by molar-refractivity contribution is -0.112. The number of esters is 1. The fourth-order valence-corrected chi connectivity index (χ4v) is 2.91. The molecule has 1 N–H and O–H groups in total. The predicted octanol–water partition coefficient (Wildman–Crippen LogP) is 5.13. The summed E-state index contributed by atoms with van der Waals surface area (Å²) < 4.78 is 23.9. The average Bonchev–Trinajstić information content (AvgIpc) is 2.82. The summed E-state index contributed by atoms with van der Waals surface area (Å²) in [7, 11) is 0. The number of hydrogen-bond acceptors (Lipinski definition) is 5. The van der Waals surface area contributed by atoms with Crippen LogP contribution in [0.4, 0.5) is 10.1 Å². The van der Waals surface area contributed by atoms with Crippen molar-refractivity contribution in [3.8, 4) is 11.8 Å². The van der Waals surface area contributed by atoms with E-state index in [9.17, 15) is 19.2 Å². The molecule has 0 saturated carbocycles. The molecule has 7 heteroatoms. The van der Waals surface area contributed by atoms with Crippen LogP contribution in [-0.2, 0) is 16.1 Å². The summed E-state index contributed by atoms with van der Waals surface area (Å²) in [5.41, 5.74) is 1.96. The standard InChI is InChI=1S/C26H21FN2O4/c1-2-32-26(31)20-9-11-23(12-10-20)29-25(30)21(16-28)13-18-5-4-8-24(15-18)33-17-19-6-3-7-22(27)14-19/h3-15H,2,17H2,1H3,(H,29,30)/b21-13-. The highest BCUT2D eigenvalue weighted by molar-refractivity contribution is 6.09. The van der Waals surface area contributed by atoms with Gasteiger partial charge in [-0.15, -0.1) is 0 Å². The van der Waals surface area contributed by atoms with Crippen LogP contribution in [0, 0.1) is 17.1 Å². The number of nitrogens with zero attached hydrogens (tertiary/aromatic N) is 1. The summed E-state index contributed by atoms with van der Waals surface area (Å²) in [5.74, 6) is -0.867. The maximum Gasteiger partial charge on any atom is 0.338 e. The average molecular weight is 444 g/mol. The largest absolute Gasteiger partial charge is 0.489 e. The molecule has 0 atom stereocenters. The van der Waals surface area contributed by atoms with Crippen LogP contribution in [-0.4, -0.2) is 18.5 Å². The van der Waals surface area contributed by atoms with E-state index in [-0.39, 0.29) is 24.6 Å². The Bertz CT molecular complexity index is 1210. The Hall–Kier alpha value is -4.44. The lowest BCUT2D eigenvalue weighted by atomic mass is 10.1. The fourth-order valence-electron chi connectivity index (χ4n) is 2.91. The van der Waals surface area contributed by atoms with Crippen LogP contribution in [0.1, 0.15) is 28.4 Å². The molecule has 0 spiro atoms. The summed E-state index contributed by atoms with van der Waals surface area (Å²) in [5, 5.41) is 12.1. The zero-order valence-electron chi connectivity index (χ0n) is 17.9. The first-order valence-electron chi connectivity index (χ1n) is 10.2. The smallest absolute Gasteiger partial charge is 0.338 e. The van der Waals surface area contributed by atoms with Gasteiger partial charge in [0, 0.05) is 5.69 Å². The van der Waals surface area contributed by atoms with Gasteiger partial charge in [0.25, 0.3) is 5.91 Å². The van der Waals surface area contributed by atoms with Gasteiger partial charge in [-0.1, -0.05) is 24.3 Å².